The maximum Gasteiger partial charge on any atom is 0.282 e. The summed E-state index contributed by atoms with van der Waals surface area (Å²) in [6.07, 6.45) is 1.48. The van der Waals surface area contributed by atoms with Gasteiger partial charge in [-0.05, 0) is 28.8 Å². The van der Waals surface area contributed by atoms with Crippen LogP contribution >= 0.6 is 0 Å². The largest absolute Gasteiger partial charge is 0.496 e. The van der Waals surface area contributed by atoms with Crippen molar-refractivity contribution >= 4 is 17.0 Å². The molecule has 2 aromatic heterocycles. The highest BCUT2D eigenvalue weighted by Crippen LogP contribution is 2.39. The molecule has 0 unspecified atom stereocenters. The first-order valence-corrected chi connectivity index (χ1v) is 12.2. The van der Waals surface area contributed by atoms with Gasteiger partial charge in [0.1, 0.15) is 11.5 Å². The first-order valence-electron chi connectivity index (χ1n) is 12.2. The van der Waals surface area contributed by atoms with Gasteiger partial charge in [-0.25, -0.2) is 4.98 Å². The summed E-state index contributed by atoms with van der Waals surface area (Å²) in [6, 6.07) is 35.3. The number of nitrogens with one attached hydrogen (secondary N) is 1. The number of carbonyl (C=O) groups is 1. The zero-order valence-electron chi connectivity index (χ0n) is 20.6. The number of methoxy groups -OCH3 is 1. The van der Waals surface area contributed by atoms with E-state index in [1.54, 1.807) is 18.2 Å². The van der Waals surface area contributed by atoms with Crippen LogP contribution in [-0.2, 0) is 0 Å². The zero-order valence-corrected chi connectivity index (χ0v) is 20.6. The number of H-pyrrole nitrogens is 1. The Morgan fingerprint density at radius 1 is 0.763 bits per heavy atom. The summed E-state index contributed by atoms with van der Waals surface area (Å²) >= 11 is 0. The number of rotatable bonds is 5. The second-order valence-electron chi connectivity index (χ2n) is 8.66. The summed E-state index contributed by atoms with van der Waals surface area (Å²) in [7, 11) is 1.53. The van der Waals surface area contributed by atoms with Crippen LogP contribution in [0.1, 0.15) is 10.4 Å². The highest BCUT2D eigenvalue weighted by atomic mass is 16.5. The molecule has 6 heteroatoms. The molecule has 0 spiro atoms. The summed E-state index contributed by atoms with van der Waals surface area (Å²) in [5.41, 5.74) is 5.99. The molecule has 0 fully saturated rings. The normalized spacial score (nSPS) is 11.6. The monoisotopic (exact) mass is 497 g/mol. The third kappa shape index (κ3) is 4.29. The minimum absolute atomic E-state index is 0.268. The van der Waals surface area contributed by atoms with Crippen LogP contribution in [0.2, 0.25) is 0 Å². The minimum Gasteiger partial charge on any atom is -0.496 e. The van der Waals surface area contributed by atoms with E-state index in [0.29, 0.717) is 28.2 Å². The van der Waals surface area contributed by atoms with Gasteiger partial charge in [-0.3, -0.25) is 4.79 Å². The van der Waals surface area contributed by atoms with Crippen LogP contribution in [0.15, 0.2) is 125 Å². The molecule has 0 aliphatic heterocycles. The summed E-state index contributed by atoms with van der Waals surface area (Å²) in [5.74, 6) is 0.669. The van der Waals surface area contributed by atoms with Gasteiger partial charge in [0, 0.05) is 11.1 Å². The molecule has 0 bridgehead atoms. The van der Waals surface area contributed by atoms with Gasteiger partial charge in [0.2, 0.25) is 5.71 Å². The number of hydrogen-bond donors (Lipinski definition) is 1. The molecule has 6 aromatic rings. The van der Waals surface area contributed by atoms with Crippen molar-refractivity contribution in [2.24, 2.45) is 4.99 Å². The lowest BCUT2D eigenvalue weighted by Crippen LogP contribution is -2.13. The van der Waals surface area contributed by atoms with Gasteiger partial charge in [-0.2, -0.15) is 4.99 Å². The number of aromatic nitrogens is 2. The third-order valence-electron chi connectivity index (χ3n) is 6.38. The van der Waals surface area contributed by atoms with Crippen molar-refractivity contribution in [2.45, 2.75) is 0 Å². The van der Waals surface area contributed by atoms with Gasteiger partial charge >= 0.3 is 0 Å². The van der Waals surface area contributed by atoms with Crippen molar-refractivity contribution in [1.29, 1.82) is 0 Å². The second kappa shape index (κ2) is 10.0. The van der Waals surface area contributed by atoms with Crippen molar-refractivity contribution < 1.29 is 13.9 Å². The topological polar surface area (TPSA) is 80.5 Å². The van der Waals surface area contributed by atoms with Crippen molar-refractivity contribution in [3.05, 3.63) is 127 Å². The highest BCUT2D eigenvalue weighted by molar-refractivity contribution is 6.02. The maximum atomic E-state index is 13.2. The number of benzene rings is 4. The molecule has 0 aliphatic rings. The van der Waals surface area contributed by atoms with Crippen molar-refractivity contribution in [3.63, 3.8) is 0 Å². The number of furan rings is 1. The fourth-order valence-corrected chi connectivity index (χ4v) is 4.55. The van der Waals surface area contributed by atoms with E-state index in [0.717, 1.165) is 27.8 Å². The number of nitrogens with zero attached hydrogens (tertiary/aromatic N) is 2. The smallest absolute Gasteiger partial charge is 0.282 e. The van der Waals surface area contributed by atoms with Crippen LogP contribution in [0.3, 0.4) is 0 Å². The Morgan fingerprint density at radius 3 is 2.08 bits per heavy atom. The molecule has 0 saturated carbocycles. The summed E-state index contributed by atoms with van der Waals surface area (Å²) in [4.78, 5) is 25.1. The number of fused-ring (bicyclic) bond motifs is 1. The molecule has 0 saturated heterocycles. The third-order valence-corrected chi connectivity index (χ3v) is 6.38. The van der Waals surface area contributed by atoms with E-state index < -0.39 is 5.91 Å². The molecule has 184 valence electrons. The predicted molar refractivity (Wildman–Crippen MR) is 148 cm³/mol. The van der Waals surface area contributed by atoms with E-state index in [1.807, 2.05) is 66.7 Å². The Hall–Kier alpha value is -5.23. The number of para-hydroxylation sites is 1. The minimum atomic E-state index is -0.448. The fraction of sp³-hybridized carbons (Fsp3) is 0.0312. The van der Waals surface area contributed by atoms with Crippen LogP contribution in [0.25, 0.3) is 44.7 Å². The fourth-order valence-electron chi connectivity index (χ4n) is 4.55. The highest BCUT2D eigenvalue weighted by Gasteiger charge is 2.21. The number of amides is 1. The number of carbonyl (C=O) groups excluding carboxylic acids is 1. The predicted octanol–water partition coefficient (Wildman–Crippen LogP) is 6.91. The molecule has 0 atom stereocenters. The molecule has 6 rings (SSSR count). The molecule has 0 aliphatic carbocycles. The van der Waals surface area contributed by atoms with E-state index in [2.05, 4.69) is 39.2 Å². The standard InChI is InChI=1S/C32H23N3O3/c1-37-26-15-9-8-14-25(26)31(36)35-30-28-27(23-12-6-3-7-13-23)29(38-32(28)34-20-33-30)24-18-16-22(17-19-24)21-10-4-2-5-11-21/h2-20H,1H3,(H,33,34,35,36). The van der Waals surface area contributed by atoms with Gasteiger partial charge in [-0.15, -0.1) is 0 Å². The van der Waals surface area contributed by atoms with Gasteiger partial charge in [0.15, 0.2) is 5.49 Å². The van der Waals surface area contributed by atoms with Crippen molar-refractivity contribution in [1.82, 2.24) is 9.97 Å². The zero-order chi connectivity index (χ0) is 25.9. The molecule has 6 nitrogen and oxygen atoms in total. The summed E-state index contributed by atoms with van der Waals surface area (Å²) in [6.45, 7) is 0. The molecule has 2 heterocycles. The van der Waals surface area contributed by atoms with Crippen molar-refractivity contribution in [2.75, 3.05) is 7.11 Å². The molecule has 1 amide bonds. The first kappa shape index (κ1) is 23.2. The Balaban J connectivity index is 1.55. The molecule has 4 aromatic carbocycles. The van der Waals surface area contributed by atoms with E-state index in [4.69, 9.17) is 9.15 Å². The maximum absolute atomic E-state index is 13.2. The molecule has 38 heavy (non-hydrogen) atoms. The summed E-state index contributed by atoms with van der Waals surface area (Å²) in [5, 5.41) is 0.629. The van der Waals surface area contributed by atoms with Crippen LogP contribution in [0, 0.1) is 0 Å². The second-order valence-corrected chi connectivity index (χ2v) is 8.66. The van der Waals surface area contributed by atoms with E-state index in [1.165, 1.54) is 13.4 Å². The average molecular weight is 498 g/mol. The molecular formula is C32H23N3O3. The lowest BCUT2D eigenvalue weighted by Gasteiger charge is -2.06. The van der Waals surface area contributed by atoms with E-state index >= 15 is 0 Å². The van der Waals surface area contributed by atoms with Crippen LogP contribution in [0.5, 0.6) is 5.75 Å². The quantitative estimate of drug-likeness (QED) is 0.281. The van der Waals surface area contributed by atoms with Crippen LogP contribution < -0.4 is 10.2 Å². The summed E-state index contributed by atoms with van der Waals surface area (Å²) < 4.78 is 11.7. The Morgan fingerprint density at radius 2 is 1.37 bits per heavy atom. The first-order chi connectivity index (χ1) is 18.7. The van der Waals surface area contributed by atoms with Crippen molar-refractivity contribution in [3.8, 4) is 39.3 Å². The molecular weight excluding hydrogens is 474 g/mol. The molecule has 0 radical (unpaired) electrons. The molecule has 1 N–H and O–H groups in total. The lowest BCUT2D eigenvalue weighted by molar-refractivity contribution is 0.0995. The van der Waals surface area contributed by atoms with Gasteiger partial charge in [-0.1, -0.05) is 97.1 Å². The van der Waals surface area contributed by atoms with E-state index in [-0.39, 0.29) is 5.49 Å². The van der Waals surface area contributed by atoms with Gasteiger partial charge in [0.05, 0.1) is 24.4 Å². The number of ether oxygens (including phenoxy) is 1. The number of aromatic amines is 1. The Kier molecular flexibility index (Phi) is 6.12. The van der Waals surface area contributed by atoms with Gasteiger partial charge < -0.3 is 14.1 Å². The van der Waals surface area contributed by atoms with E-state index in [9.17, 15) is 4.79 Å². The van der Waals surface area contributed by atoms with Crippen LogP contribution in [-0.4, -0.2) is 23.0 Å². The number of hydrogen-bond acceptors (Lipinski definition) is 4. The Labute approximate surface area is 218 Å². The van der Waals surface area contributed by atoms with Gasteiger partial charge in [0.25, 0.3) is 5.91 Å². The van der Waals surface area contributed by atoms with Crippen LogP contribution in [0.4, 0.5) is 0 Å². The average Bonchev–Trinajstić information content (AvgIpc) is 3.39. The SMILES string of the molecule is COc1ccccc1C(=O)N=c1nc[nH]c2oc(-c3ccc(-c4ccccc4)cc3)c(-c3ccccc3)c12. The lowest BCUT2D eigenvalue weighted by atomic mass is 9.98. The Bertz CT molecular complexity index is 1800.